The minimum absolute atomic E-state index is 0.694. The summed E-state index contributed by atoms with van der Waals surface area (Å²) in [5.41, 5.74) is 3.50. The van der Waals surface area contributed by atoms with Crippen molar-refractivity contribution in [3.8, 4) is 0 Å². The number of para-hydroxylation sites is 1. The predicted octanol–water partition coefficient (Wildman–Crippen LogP) is 4.88. The minimum Gasteiger partial charge on any atom is -0.340 e. The van der Waals surface area contributed by atoms with Crippen LogP contribution in [0, 0.1) is 6.92 Å². The third kappa shape index (κ3) is 2.93. The minimum atomic E-state index is 0.694. The van der Waals surface area contributed by atoms with Crippen molar-refractivity contribution in [2.24, 2.45) is 0 Å². The van der Waals surface area contributed by atoms with Crippen LogP contribution in [0.1, 0.15) is 11.4 Å². The standard InChI is InChI=1S/C19H17ClN4/c1-13-21-18(23-16-7-4-6-15(20)11-16)12-19(22-13)24-10-9-14-5-2-3-8-17(14)24/h2-8,11-12H,9-10H2,1H3,(H,21,22,23). The zero-order valence-corrected chi connectivity index (χ0v) is 14.1. The quantitative estimate of drug-likeness (QED) is 0.740. The monoisotopic (exact) mass is 336 g/mol. The van der Waals surface area contributed by atoms with Gasteiger partial charge in [0, 0.05) is 29.0 Å². The molecule has 0 amide bonds. The molecule has 120 valence electrons. The first-order valence-corrected chi connectivity index (χ1v) is 8.30. The highest BCUT2D eigenvalue weighted by Gasteiger charge is 2.21. The van der Waals surface area contributed by atoms with Crippen molar-refractivity contribution in [3.05, 3.63) is 71.0 Å². The van der Waals surface area contributed by atoms with E-state index in [4.69, 9.17) is 11.6 Å². The average Bonchev–Trinajstić information content (AvgIpc) is 2.98. The Morgan fingerprint density at radius 1 is 1.04 bits per heavy atom. The first kappa shape index (κ1) is 15.0. The van der Waals surface area contributed by atoms with E-state index in [9.17, 15) is 0 Å². The van der Waals surface area contributed by atoms with E-state index in [1.165, 1.54) is 11.3 Å². The number of fused-ring (bicyclic) bond motifs is 1. The van der Waals surface area contributed by atoms with Crippen LogP contribution in [0.5, 0.6) is 0 Å². The number of nitrogens with zero attached hydrogens (tertiary/aromatic N) is 3. The van der Waals surface area contributed by atoms with E-state index in [0.717, 1.165) is 36.1 Å². The number of anilines is 4. The molecular weight excluding hydrogens is 320 g/mol. The number of rotatable bonds is 3. The van der Waals surface area contributed by atoms with Crippen LogP contribution in [-0.4, -0.2) is 16.5 Å². The van der Waals surface area contributed by atoms with E-state index in [2.05, 4.69) is 44.5 Å². The summed E-state index contributed by atoms with van der Waals surface area (Å²) in [5.74, 6) is 2.42. The molecule has 0 unspecified atom stereocenters. The molecule has 1 aromatic heterocycles. The lowest BCUT2D eigenvalue weighted by Crippen LogP contribution is -2.16. The average molecular weight is 337 g/mol. The molecule has 4 nitrogen and oxygen atoms in total. The topological polar surface area (TPSA) is 41.1 Å². The SMILES string of the molecule is Cc1nc(Nc2cccc(Cl)c2)cc(N2CCc3ccccc32)n1. The second-order valence-corrected chi connectivity index (χ2v) is 6.26. The lowest BCUT2D eigenvalue weighted by atomic mass is 10.2. The van der Waals surface area contributed by atoms with Gasteiger partial charge in [0.15, 0.2) is 0 Å². The van der Waals surface area contributed by atoms with E-state index in [1.807, 2.05) is 37.3 Å². The van der Waals surface area contributed by atoms with Crippen molar-refractivity contribution in [1.29, 1.82) is 0 Å². The number of aryl methyl sites for hydroxylation is 1. The number of benzene rings is 2. The smallest absolute Gasteiger partial charge is 0.138 e. The van der Waals surface area contributed by atoms with E-state index in [0.29, 0.717) is 5.02 Å². The van der Waals surface area contributed by atoms with Gasteiger partial charge in [0.1, 0.15) is 17.5 Å². The van der Waals surface area contributed by atoms with Gasteiger partial charge in [0.05, 0.1) is 0 Å². The summed E-state index contributed by atoms with van der Waals surface area (Å²) in [7, 11) is 0. The number of nitrogens with one attached hydrogen (secondary N) is 1. The van der Waals surface area contributed by atoms with Gasteiger partial charge in [-0.05, 0) is 43.2 Å². The summed E-state index contributed by atoms with van der Waals surface area (Å²) in [4.78, 5) is 11.4. The van der Waals surface area contributed by atoms with Crippen LogP contribution in [0.25, 0.3) is 0 Å². The van der Waals surface area contributed by atoms with Crippen molar-refractivity contribution in [1.82, 2.24) is 9.97 Å². The van der Waals surface area contributed by atoms with Crippen LogP contribution in [0.3, 0.4) is 0 Å². The van der Waals surface area contributed by atoms with Crippen molar-refractivity contribution in [3.63, 3.8) is 0 Å². The molecule has 1 N–H and O–H groups in total. The van der Waals surface area contributed by atoms with Crippen LogP contribution < -0.4 is 10.2 Å². The molecule has 0 saturated carbocycles. The zero-order chi connectivity index (χ0) is 16.5. The van der Waals surface area contributed by atoms with Gasteiger partial charge in [0.2, 0.25) is 0 Å². The molecule has 0 saturated heterocycles. The molecule has 0 bridgehead atoms. The van der Waals surface area contributed by atoms with Crippen molar-refractivity contribution < 1.29 is 0 Å². The Labute approximate surface area is 146 Å². The van der Waals surface area contributed by atoms with E-state index in [-0.39, 0.29) is 0 Å². The first-order valence-electron chi connectivity index (χ1n) is 7.93. The number of hydrogen-bond acceptors (Lipinski definition) is 4. The second-order valence-electron chi connectivity index (χ2n) is 5.82. The van der Waals surface area contributed by atoms with Gasteiger partial charge in [-0.3, -0.25) is 0 Å². The zero-order valence-electron chi connectivity index (χ0n) is 13.3. The normalized spacial score (nSPS) is 13.0. The lowest BCUT2D eigenvalue weighted by molar-refractivity contribution is 0.947. The summed E-state index contributed by atoms with van der Waals surface area (Å²) in [6.45, 7) is 2.85. The van der Waals surface area contributed by atoms with Gasteiger partial charge in [0.25, 0.3) is 0 Å². The Kier molecular flexibility index (Phi) is 3.82. The second kappa shape index (κ2) is 6.13. The Bertz CT molecular complexity index is 894. The fraction of sp³-hybridized carbons (Fsp3) is 0.158. The maximum atomic E-state index is 6.05. The number of halogens is 1. The van der Waals surface area contributed by atoms with Gasteiger partial charge < -0.3 is 10.2 Å². The Hall–Kier alpha value is -2.59. The molecule has 0 aliphatic carbocycles. The molecule has 24 heavy (non-hydrogen) atoms. The highest BCUT2D eigenvalue weighted by Crippen LogP contribution is 2.34. The van der Waals surface area contributed by atoms with Gasteiger partial charge in [-0.25, -0.2) is 9.97 Å². The Morgan fingerprint density at radius 2 is 1.92 bits per heavy atom. The molecular formula is C19H17ClN4. The largest absolute Gasteiger partial charge is 0.340 e. The maximum Gasteiger partial charge on any atom is 0.138 e. The van der Waals surface area contributed by atoms with E-state index < -0.39 is 0 Å². The molecule has 3 aromatic rings. The highest BCUT2D eigenvalue weighted by atomic mass is 35.5. The fourth-order valence-electron chi connectivity index (χ4n) is 3.04. The summed E-state index contributed by atoms with van der Waals surface area (Å²) in [5, 5.41) is 4.01. The summed E-state index contributed by atoms with van der Waals surface area (Å²) >= 11 is 6.05. The summed E-state index contributed by atoms with van der Waals surface area (Å²) < 4.78 is 0. The number of aromatic nitrogens is 2. The van der Waals surface area contributed by atoms with Crippen molar-refractivity contribution in [2.75, 3.05) is 16.8 Å². The summed E-state index contributed by atoms with van der Waals surface area (Å²) in [6.07, 6.45) is 1.04. The van der Waals surface area contributed by atoms with Crippen LogP contribution in [-0.2, 0) is 6.42 Å². The van der Waals surface area contributed by atoms with Crippen molar-refractivity contribution >= 4 is 34.6 Å². The fourth-order valence-corrected chi connectivity index (χ4v) is 3.23. The predicted molar refractivity (Wildman–Crippen MR) is 98.7 cm³/mol. The molecule has 2 aromatic carbocycles. The molecule has 0 atom stereocenters. The van der Waals surface area contributed by atoms with Crippen molar-refractivity contribution in [2.45, 2.75) is 13.3 Å². The molecule has 1 aliphatic rings. The molecule has 2 heterocycles. The summed E-state index contributed by atoms with van der Waals surface area (Å²) in [6, 6.07) is 18.1. The van der Waals surface area contributed by atoms with Crippen LogP contribution in [0.2, 0.25) is 5.02 Å². The van der Waals surface area contributed by atoms with Gasteiger partial charge in [-0.15, -0.1) is 0 Å². The van der Waals surface area contributed by atoms with Gasteiger partial charge in [-0.2, -0.15) is 0 Å². The molecule has 0 fully saturated rings. The third-order valence-electron chi connectivity index (χ3n) is 4.09. The number of hydrogen-bond donors (Lipinski definition) is 1. The maximum absolute atomic E-state index is 6.05. The Balaban J connectivity index is 1.67. The van der Waals surface area contributed by atoms with Crippen LogP contribution >= 0.6 is 11.6 Å². The molecule has 0 spiro atoms. The lowest BCUT2D eigenvalue weighted by Gasteiger charge is -2.19. The van der Waals surface area contributed by atoms with E-state index in [1.54, 1.807) is 0 Å². The van der Waals surface area contributed by atoms with E-state index >= 15 is 0 Å². The molecule has 1 aliphatic heterocycles. The van der Waals surface area contributed by atoms with Crippen LogP contribution in [0.15, 0.2) is 54.6 Å². The van der Waals surface area contributed by atoms with Gasteiger partial charge >= 0.3 is 0 Å². The van der Waals surface area contributed by atoms with Crippen LogP contribution in [0.4, 0.5) is 23.0 Å². The molecule has 5 heteroatoms. The third-order valence-corrected chi connectivity index (χ3v) is 4.32. The molecule has 0 radical (unpaired) electrons. The Morgan fingerprint density at radius 3 is 2.79 bits per heavy atom. The highest BCUT2D eigenvalue weighted by molar-refractivity contribution is 6.30. The first-order chi connectivity index (χ1) is 11.7. The van der Waals surface area contributed by atoms with Gasteiger partial charge in [-0.1, -0.05) is 35.9 Å². The molecule has 4 rings (SSSR count).